The Balaban J connectivity index is 1.54. The lowest BCUT2D eigenvalue weighted by atomic mass is 9.85. The molecular formula is C16H20N2O5. The van der Waals surface area contributed by atoms with E-state index in [1.807, 2.05) is 12.2 Å². The van der Waals surface area contributed by atoms with Gasteiger partial charge in [0, 0.05) is 6.04 Å². The van der Waals surface area contributed by atoms with Gasteiger partial charge in [-0.05, 0) is 32.6 Å². The van der Waals surface area contributed by atoms with Gasteiger partial charge >= 0.3 is 5.97 Å². The van der Waals surface area contributed by atoms with Crippen molar-refractivity contribution in [2.24, 2.45) is 11.8 Å². The van der Waals surface area contributed by atoms with Crippen molar-refractivity contribution in [2.45, 2.75) is 44.8 Å². The van der Waals surface area contributed by atoms with E-state index in [2.05, 4.69) is 5.32 Å². The molecule has 1 saturated heterocycles. The predicted octanol–water partition coefficient (Wildman–Crippen LogP) is 0.148. The van der Waals surface area contributed by atoms with Gasteiger partial charge in [-0.15, -0.1) is 0 Å². The van der Waals surface area contributed by atoms with E-state index in [1.54, 1.807) is 0 Å². The molecule has 3 amide bonds. The largest absolute Gasteiger partial charge is 0.451 e. The van der Waals surface area contributed by atoms with Crippen molar-refractivity contribution in [1.29, 1.82) is 0 Å². The highest BCUT2D eigenvalue weighted by Gasteiger charge is 2.47. The molecule has 23 heavy (non-hydrogen) atoms. The van der Waals surface area contributed by atoms with E-state index in [9.17, 15) is 19.2 Å². The third-order valence-electron chi connectivity index (χ3n) is 4.49. The van der Waals surface area contributed by atoms with Crippen LogP contribution in [-0.2, 0) is 23.9 Å². The Morgan fingerprint density at radius 3 is 2.30 bits per heavy atom. The zero-order valence-corrected chi connectivity index (χ0v) is 13.0. The first-order chi connectivity index (χ1) is 11.0. The number of carbonyl (C=O) groups excluding carboxylic acids is 4. The summed E-state index contributed by atoms with van der Waals surface area (Å²) in [5.41, 5.74) is 0. The second-order valence-electron chi connectivity index (χ2n) is 6.33. The van der Waals surface area contributed by atoms with Gasteiger partial charge in [0.25, 0.3) is 5.91 Å². The number of rotatable bonds is 5. The minimum atomic E-state index is -0.931. The SMILES string of the molecule is C[C@@H](OC(=O)CN1C(=O)[C@H]2CC=CC[C@@H]2C1=O)C(=O)NC1CC1. The molecule has 1 aliphatic heterocycles. The average Bonchev–Trinajstić information content (AvgIpc) is 3.31. The number of allylic oxidation sites excluding steroid dienone is 2. The number of hydrogen-bond acceptors (Lipinski definition) is 5. The van der Waals surface area contributed by atoms with Crippen LogP contribution in [0, 0.1) is 11.8 Å². The Morgan fingerprint density at radius 1 is 1.22 bits per heavy atom. The number of imide groups is 1. The van der Waals surface area contributed by atoms with Crippen molar-refractivity contribution >= 4 is 23.7 Å². The molecule has 7 heteroatoms. The van der Waals surface area contributed by atoms with Crippen LogP contribution in [0.5, 0.6) is 0 Å². The quantitative estimate of drug-likeness (QED) is 0.442. The van der Waals surface area contributed by atoms with Crippen LogP contribution in [0.1, 0.15) is 32.6 Å². The van der Waals surface area contributed by atoms with Crippen LogP contribution in [0.3, 0.4) is 0 Å². The van der Waals surface area contributed by atoms with Gasteiger partial charge in [-0.2, -0.15) is 0 Å². The van der Waals surface area contributed by atoms with E-state index < -0.39 is 18.6 Å². The fourth-order valence-corrected chi connectivity index (χ4v) is 2.99. The van der Waals surface area contributed by atoms with Crippen LogP contribution in [0.25, 0.3) is 0 Å². The highest BCUT2D eigenvalue weighted by molar-refractivity contribution is 6.07. The summed E-state index contributed by atoms with van der Waals surface area (Å²) >= 11 is 0. The Bertz CT molecular complexity index is 555. The van der Waals surface area contributed by atoms with E-state index in [1.165, 1.54) is 6.92 Å². The Labute approximate surface area is 134 Å². The van der Waals surface area contributed by atoms with E-state index in [0.29, 0.717) is 12.8 Å². The number of carbonyl (C=O) groups is 4. The molecule has 0 radical (unpaired) electrons. The van der Waals surface area contributed by atoms with Crippen LogP contribution < -0.4 is 5.32 Å². The van der Waals surface area contributed by atoms with Crippen molar-refractivity contribution in [1.82, 2.24) is 10.2 Å². The molecule has 7 nitrogen and oxygen atoms in total. The van der Waals surface area contributed by atoms with Crippen molar-refractivity contribution < 1.29 is 23.9 Å². The second-order valence-corrected chi connectivity index (χ2v) is 6.33. The Hall–Kier alpha value is -2.18. The lowest BCUT2D eigenvalue weighted by Gasteiger charge is -2.17. The minimum Gasteiger partial charge on any atom is -0.451 e. The molecule has 1 saturated carbocycles. The van der Waals surface area contributed by atoms with Gasteiger partial charge in [0.15, 0.2) is 6.10 Å². The third-order valence-corrected chi connectivity index (χ3v) is 4.49. The number of nitrogens with one attached hydrogen (secondary N) is 1. The molecule has 124 valence electrons. The molecule has 3 atom stereocenters. The number of amides is 3. The standard InChI is InChI=1S/C16H20N2O5/c1-9(14(20)17-10-6-7-10)23-13(19)8-18-15(21)11-4-2-3-5-12(11)16(18)22/h2-3,9-12H,4-8H2,1H3,(H,17,20)/t9-,11+,12+/m1/s1. The summed E-state index contributed by atoms with van der Waals surface area (Å²) in [6.07, 6.45) is 5.79. The van der Waals surface area contributed by atoms with Crippen LogP contribution in [-0.4, -0.2) is 47.3 Å². The molecule has 0 bridgehead atoms. The highest BCUT2D eigenvalue weighted by atomic mass is 16.5. The molecule has 3 rings (SSSR count). The molecule has 1 N–H and O–H groups in total. The lowest BCUT2D eigenvalue weighted by Crippen LogP contribution is -2.41. The molecule has 0 aromatic heterocycles. The first kappa shape index (κ1) is 15.7. The third kappa shape index (κ3) is 3.28. The van der Waals surface area contributed by atoms with Crippen molar-refractivity contribution in [3.8, 4) is 0 Å². The average molecular weight is 320 g/mol. The zero-order valence-electron chi connectivity index (χ0n) is 13.0. The fraction of sp³-hybridized carbons (Fsp3) is 0.625. The molecular weight excluding hydrogens is 300 g/mol. The number of hydrogen-bond donors (Lipinski definition) is 1. The molecule has 0 spiro atoms. The first-order valence-corrected chi connectivity index (χ1v) is 7.97. The maximum atomic E-state index is 12.2. The monoisotopic (exact) mass is 320 g/mol. The van der Waals surface area contributed by atoms with Crippen molar-refractivity contribution in [2.75, 3.05) is 6.54 Å². The molecule has 2 fully saturated rings. The predicted molar refractivity (Wildman–Crippen MR) is 78.8 cm³/mol. The molecule has 0 unspecified atom stereocenters. The van der Waals surface area contributed by atoms with Gasteiger partial charge in [0.2, 0.25) is 11.8 Å². The molecule has 3 aliphatic rings. The summed E-state index contributed by atoms with van der Waals surface area (Å²) in [6, 6.07) is 0.181. The molecule has 2 aliphatic carbocycles. The zero-order chi connectivity index (χ0) is 16.6. The number of nitrogens with zero attached hydrogens (tertiary/aromatic N) is 1. The van der Waals surface area contributed by atoms with Crippen molar-refractivity contribution in [3.63, 3.8) is 0 Å². The maximum Gasteiger partial charge on any atom is 0.326 e. The number of fused-ring (bicyclic) bond motifs is 1. The van der Waals surface area contributed by atoms with Gasteiger partial charge in [0.05, 0.1) is 11.8 Å². The summed E-state index contributed by atoms with van der Waals surface area (Å²) in [5, 5.41) is 2.74. The van der Waals surface area contributed by atoms with E-state index in [4.69, 9.17) is 4.74 Å². The molecule has 0 aromatic carbocycles. The van der Waals surface area contributed by atoms with Gasteiger partial charge in [-0.3, -0.25) is 24.1 Å². The van der Waals surface area contributed by atoms with Crippen LogP contribution in [0.2, 0.25) is 0 Å². The summed E-state index contributed by atoms with van der Waals surface area (Å²) in [4.78, 5) is 49.2. The Morgan fingerprint density at radius 2 is 1.78 bits per heavy atom. The number of likely N-dealkylation sites (tertiary alicyclic amines) is 1. The van der Waals surface area contributed by atoms with Crippen LogP contribution in [0.4, 0.5) is 0 Å². The summed E-state index contributed by atoms with van der Waals surface area (Å²) in [6.45, 7) is 1.05. The minimum absolute atomic E-state index is 0.181. The first-order valence-electron chi connectivity index (χ1n) is 7.97. The van der Waals surface area contributed by atoms with E-state index in [-0.39, 0.29) is 35.6 Å². The van der Waals surface area contributed by atoms with Gasteiger partial charge in [-0.25, -0.2) is 0 Å². The number of esters is 1. The smallest absolute Gasteiger partial charge is 0.326 e. The molecule has 1 heterocycles. The highest BCUT2D eigenvalue weighted by Crippen LogP contribution is 2.34. The van der Waals surface area contributed by atoms with Crippen LogP contribution >= 0.6 is 0 Å². The molecule has 0 aromatic rings. The van der Waals surface area contributed by atoms with Crippen LogP contribution in [0.15, 0.2) is 12.2 Å². The normalized spacial score (nSPS) is 27.6. The van der Waals surface area contributed by atoms with Gasteiger partial charge in [0.1, 0.15) is 6.54 Å². The Kier molecular flexibility index (Phi) is 4.19. The maximum absolute atomic E-state index is 12.2. The summed E-state index contributed by atoms with van der Waals surface area (Å²) < 4.78 is 5.04. The van der Waals surface area contributed by atoms with Gasteiger partial charge in [-0.1, -0.05) is 12.2 Å². The topological polar surface area (TPSA) is 92.8 Å². The summed E-state index contributed by atoms with van der Waals surface area (Å²) in [5.74, 6) is -2.46. The summed E-state index contributed by atoms with van der Waals surface area (Å²) in [7, 11) is 0. The van der Waals surface area contributed by atoms with Gasteiger partial charge < -0.3 is 10.1 Å². The number of ether oxygens (including phenoxy) is 1. The lowest BCUT2D eigenvalue weighted by molar-refractivity contribution is -0.159. The van der Waals surface area contributed by atoms with E-state index >= 15 is 0 Å². The fourth-order valence-electron chi connectivity index (χ4n) is 2.99. The van der Waals surface area contributed by atoms with E-state index in [0.717, 1.165) is 17.7 Å². The second kappa shape index (κ2) is 6.14. The van der Waals surface area contributed by atoms with Crippen molar-refractivity contribution in [3.05, 3.63) is 12.2 Å².